The van der Waals surface area contributed by atoms with E-state index in [1.54, 1.807) is 6.21 Å². The second-order valence-corrected chi connectivity index (χ2v) is 8.16. The van der Waals surface area contributed by atoms with Gasteiger partial charge in [0.25, 0.3) is 11.8 Å². The van der Waals surface area contributed by atoms with Gasteiger partial charge in [0.2, 0.25) is 0 Å². The number of rotatable bonds is 2. The highest BCUT2D eigenvalue weighted by atomic mass is 16.2. The fourth-order valence-electron chi connectivity index (χ4n) is 5.76. The summed E-state index contributed by atoms with van der Waals surface area (Å²) in [6.07, 6.45) is 8.33. The molecule has 1 aliphatic heterocycles. The van der Waals surface area contributed by atoms with E-state index in [-0.39, 0.29) is 40.9 Å². The zero-order chi connectivity index (χ0) is 17.6. The molecule has 2 heterocycles. The number of aromatic amines is 1. The number of aryl methyl sites for hydroxylation is 1. The zero-order valence-corrected chi connectivity index (χ0v) is 14.5. The highest BCUT2D eigenvalue weighted by Gasteiger charge is 2.73. The topological polar surface area (TPSA) is 65.5 Å². The van der Waals surface area contributed by atoms with Gasteiger partial charge in [0, 0.05) is 22.2 Å². The Kier molecular flexibility index (Phi) is 2.52. The number of carbonyl (C=O) groups excluding carboxylic acids is 2. The highest BCUT2D eigenvalue weighted by Crippen LogP contribution is 2.73. The Morgan fingerprint density at radius 2 is 1.77 bits per heavy atom. The van der Waals surface area contributed by atoms with Gasteiger partial charge in [0.1, 0.15) is 0 Å². The first-order valence-electron chi connectivity index (χ1n) is 9.29. The average Bonchev–Trinajstić information content (AvgIpc) is 3.10. The molecule has 26 heavy (non-hydrogen) atoms. The number of hydrazone groups is 1. The molecule has 4 aliphatic rings. The van der Waals surface area contributed by atoms with Crippen molar-refractivity contribution in [2.24, 2.45) is 34.2 Å². The Morgan fingerprint density at radius 1 is 1.12 bits per heavy atom. The van der Waals surface area contributed by atoms with E-state index in [2.05, 4.69) is 22.2 Å². The molecular weight excluding hydrogens is 326 g/mol. The molecular formula is C21H19N3O2. The number of hydrogen-bond donors (Lipinski definition) is 1. The van der Waals surface area contributed by atoms with Crippen LogP contribution in [-0.2, 0) is 9.59 Å². The Labute approximate surface area is 150 Å². The van der Waals surface area contributed by atoms with E-state index >= 15 is 0 Å². The number of para-hydroxylation sites is 1. The number of aromatic nitrogens is 1. The van der Waals surface area contributed by atoms with Crippen molar-refractivity contribution in [3.63, 3.8) is 0 Å². The number of hydrogen-bond acceptors (Lipinski definition) is 3. The van der Waals surface area contributed by atoms with E-state index < -0.39 is 0 Å². The van der Waals surface area contributed by atoms with Crippen molar-refractivity contribution in [2.75, 3.05) is 0 Å². The number of allylic oxidation sites excluding steroid dienone is 2. The fourth-order valence-corrected chi connectivity index (χ4v) is 5.76. The molecule has 2 amide bonds. The number of fused-ring (bicyclic) bond motifs is 4. The minimum absolute atomic E-state index is 0.114. The van der Waals surface area contributed by atoms with Gasteiger partial charge >= 0.3 is 0 Å². The van der Waals surface area contributed by atoms with Crippen molar-refractivity contribution in [1.29, 1.82) is 0 Å². The molecule has 5 nitrogen and oxygen atoms in total. The number of imide groups is 1. The van der Waals surface area contributed by atoms with Crippen molar-refractivity contribution in [1.82, 2.24) is 9.99 Å². The van der Waals surface area contributed by atoms with Gasteiger partial charge in [-0.2, -0.15) is 10.1 Å². The lowest BCUT2D eigenvalue weighted by molar-refractivity contribution is -0.141. The van der Waals surface area contributed by atoms with Gasteiger partial charge in [0.05, 0.1) is 18.1 Å². The van der Waals surface area contributed by atoms with Gasteiger partial charge in [-0.15, -0.1) is 0 Å². The largest absolute Gasteiger partial charge is 0.358 e. The molecule has 1 aromatic carbocycles. The monoisotopic (exact) mass is 345 g/mol. The summed E-state index contributed by atoms with van der Waals surface area (Å²) < 4.78 is 0. The average molecular weight is 345 g/mol. The molecule has 1 aromatic heterocycles. The number of H-pyrrole nitrogens is 1. The molecule has 1 N–H and O–H groups in total. The lowest BCUT2D eigenvalue weighted by Crippen LogP contribution is -2.30. The molecule has 2 saturated carbocycles. The van der Waals surface area contributed by atoms with Crippen LogP contribution in [0.5, 0.6) is 0 Å². The SMILES string of the molecule is Cc1[nH]c2ccccc2c1C=NN1C(=O)C2C(C1=O)C1C=CC2C12CC2. The van der Waals surface area contributed by atoms with Gasteiger partial charge in [-0.1, -0.05) is 30.4 Å². The lowest BCUT2D eigenvalue weighted by atomic mass is 9.85. The summed E-state index contributed by atoms with van der Waals surface area (Å²) in [5, 5.41) is 6.53. The summed E-state index contributed by atoms with van der Waals surface area (Å²) in [4.78, 5) is 29.2. The summed E-state index contributed by atoms with van der Waals surface area (Å²) >= 11 is 0. The summed E-state index contributed by atoms with van der Waals surface area (Å²) in [5.41, 5.74) is 3.16. The quantitative estimate of drug-likeness (QED) is 0.516. The summed E-state index contributed by atoms with van der Waals surface area (Å²) in [6, 6.07) is 7.98. The van der Waals surface area contributed by atoms with Gasteiger partial charge in [-0.3, -0.25) is 9.59 Å². The lowest BCUT2D eigenvalue weighted by Gasteiger charge is -2.18. The Hall–Kier alpha value is -2.69. The van der Waals surface area contributed by atoms with Crippen LogP contribution in [0.25, 0.3) is 10.9 Å². The number of nitrogens with zero attached hydrogens (tertiary/aromatic N) is 2. The van der Waals surface area contributed by atoms with Crippen molar-refractivity contribution in [2.45, 2.75) is 19.8 Å². The van der Waals surface area contributed by atoms with Gasteiger partial charge in [0.15, 0.2) is 0 Å². The van der Waals surface area contributed by atoms with Crippen LogP contribution in [0.15, 0.2) is 41.5 Å². The van der Waals surface area contributed by atoms with Crippen LogP contribution < -0.4 is 0 Å². The van der Waals surface area contributed by atoms with Crippen LogP contribution in [0.1, 0.15) is 24.1 Å². The van der Waals surface area contributed by atoms with Crippen LogP contribution in [0.2, 0.25) is 0 Å². The number of benzene rings is 1. The Balaban J connectivity index is 1.36. The van der Waals surface area contributed by atoms with E-state index in [0.717, 1.165) is 40.0 Å². The maximum Gasteiger partial charge on any atom is 0.254 e. The van der Waals surface area contributed by atoms with Crippen molar-refractivity contribution in [3.05, 3.63) is 47.7 Å². The number of nitrogens with one attached hydrogen (secondary N) is 1. The Bertz CT molecular complexity index is 1010. The molecule has 4 atom stereocenters. The first-order valence-corrected chi connectivity index (χ1v) is 9.29. The summed E-state index contributed by atoms with van der Waals surface area (Å²) in [5.74, 6) is -0.135. The van der Waals surface area contributed by atoms with Gasteiger partial charge in [-0.25, -0.2) is 0 Å². The first kappa shape index (κ1) is 14.5. The molecule has 5 heteroatoms. The minimum Gasteiger partial charge on any atom is -0.358 e. The highest BCUT2D eigenvalue weighted by molar-refractivity contribution is 6.08. The van der Waals surface area contributed by atoms with Crippen LogP contribution in [0.3, 0.4) is 0 Å². The minimum atomic E-state index is -0.193. The van der Waals surface area contributed by atoms with E-state index in [1.165, 1.54) is 0 Å². The maximum atomic E-state index is 13.0. The maximum absolute atomic E-state index is 13.0. The van der Waals surface area contributed by atoms with E-state index in [4.69, 9.17) is 0 Å². The summed E-state index contributed by atoms with van der Waals surface area (Å²) in [7, 11) is 0. The molecule has 130 valence electrons. The predicted octanol–water partition coefficient (Wildman–Crippen LogP) is 3.01. The second-order valence-electron chi connectivity index (χ2n) is 8.16. The molecule has 3 aliphatic carbocycles. The molecule has 2 aromatic rings. The van der Waals surface area contributed by atoms with E-state index in [9.17, 15) is 9.59 Å². The number of carbonyl (C=O) groups is 2. The van der Waals surface area contributed by atoms with E-state index in [1.807, 2.05) is 31.2 Å². The van der Waals surface area contributed by atoms with Gasteiger partial charge < -0.3 is 4.98 Å². The standard InChI is InChI=1S/C21H19N3O2/c1-11-13(12-4-2-3-5-16(12)23-11)10-22-24-19(25)17-14-6-7-15(18(17)20(24)26)21(14)8-9-21/h2-7,10,14-15,17-18,23H,8-9H2,1H3. The van der Waals surface area contributed by atoms with Crippen LogP contribution in [-0.4, -0.2) is 28.0 Å². The van der Waals surface area contributed by atoms with E-state index in [0.29, 0.717) is 0 Å². The molecule has 0 radical (unpaired) electrons. The van der Waals surface area contributed by atoms with Crippen LogP contribution in [0, 0.1) is 36.0 Å². The second kappa shape index (κ2) is 4.53. The summed E-state index contributed by atoms with van der Waals surface area (Å²) in [6.45, 7) is 1.98. The molecule has 4 unspecified atom stereocenters. The normalized spacial score (nSPS) is 33.3. The van der Waals surface area contributed by atoms with Crippen LogP contribution >= 0.6 is 0 Å². The first-order chi connectivity index (χ1) is 12.6. The fraction of sp³-hybridized carbons (Fsp3) is 0.381. The molecule has 2 bridgehead atoms. The van der Waals surface area contributed by atoms with Crippen molar-refractivity contribution < 1.29 is 9.59 Å². The molecule has 1 spiro atoms. The molecule has 3 fully saturated rings. The third-order valence-corrected chi connectivity index (χ3v) is 7.08. The Morgan fingerprint density at radius 3 is 2.42 bits per heavy atom. The third-order valence-electron chi connectivity index (χ3n) is 7.08. The van der Waals surface area contributed by atoms with Crippen molar-refractivity contribution in [3.8, 4) is 0 Å². The van der Waals surface area contributed by atoms with Gasteiger partial charge in [-0.05, 0) is 43.1 Å². The number of amides is 2. The molecule has 1 saturated heterocycles. The third kappa shape index (κ3) is 1.55. The zero-order valence-electron chi connectivity index (χ0n) is 14.5. The van der Waals surface area contributed by atoms with Crippen molar-refractivity contribution >= 4 is 28.9 Å². The van der Waals surface area contributed by atoms with Crippen LogP contribution in [0.4, 0.5) is 0 Å². The molecule has 6 rings (SSSR count). The smallest absolute Gasteiger partial charge is 0.254 e. The predicted molar refractivity (Wildman–Crippen MR) is 97.2 cm³/mol.